The summed E-state index contributed by atoms with van der Waals surface area (Å²) in [6.07, 6.45) is 1.33. The summed E-state index contributed by atoms with van der Waals surface area (Å²) in [5, 5.41) is 8.94. The van der Waals surface area contributed by atoms with Crippen molar-refractivity contribution >= 4 is 20.5 Å². The van der Waals surface area contributed by atoms with Crippen LogP contribution in [-0.4, -0.2) is 19.9 Å². The molecule has 0 saturated carbocycles. The average Bonchev–Trinajstić information content (AvgIpc) is 2.18. The molecular formula is C8H13N2O5PS. The van der Waals surface area contributed by atoms with Crippen LogP contribution in [0.25, 0.3) is 0 Å². The summed E-state index contributed by atoms with van der Waals surface area (Å²) in [6.45, 7) is 1.16. The molecule has 0 aliphatic heterocycles. The molecule has 0 amide bonds. The molecule has 0 spiro atoms. The lowest BCUT2D eigenvalue weighted by Crippen LogP contribution is -2.09. The second-order valence-electron chi connectivity index (χ2n) is 3.34. The molecule has 1 heterocycles. The Morgan fingerprint density at radius 2 is 2.24 bits per heavy atom. The summed E-state index contributed by atoms with van der Waals surface area (Å²) in [4.78, 5) is 21.0. The molecule has 0 aliphatic rings. The van der Waals surface area contributed by atoms with Crippen LogP contribution in [0, 0.1) is 6.92 Å². The van der Waals surface area contributed by atoms with E-state index in [0.717, 1.165) is 0 Å². The normalized spacial score (nSPS) is 13.7. The Hall–Kier alpha value is -0.630. The van der Waals surface area contributed by atoms with Crippen LogP contribution in [-0.2, 0) is 15.7 Å². The predicted octanol–water partition coefficient (Wildman–Crippen LogP) is 0.592. The Morgan fingerprint density at radius 1 is 1.65 bits per heavy atom. The van der Waals surface area contributed by atoms with E-state index < -0.39 is 19.8 Å². The summed E-state index contributed by atoms with van der Waals surface area (Å²) < 4.78 is 14.9. The lowest BCUT2D eigenvalue weighted by molar-refractivity contribution is 0.188. The van der Waals surface area contributed by atoms with Gasteiger partial charge in [-0.2, -0.15) is 12.6 Å². The minimum absolute atomic E-state index is 0.153. The van der Waals surface area contributed by atoms with Gasteiger partial charge in [-0.1, -0.05) is 0 Å². The van der Waals surface area contributed by atoms with Gasteiger partial charge in [-0.25, -0.2) is 4.57 Å². The Bertz CT molecular complexity index is 461. The van der Waals surface area contributed by atoms with E-state index in [1.165, 1.54) is 6.20 Å². The van der Waals surface area contributed by atoms with Crippen molar-refractivity contribution in [1.29, 1.82) is 0 Å². The topological polar surface area (TPSA) is 126 Å². The Balaban J connectivity index is 3.08. The molecule has 0 aliphatic carbocycles. The standard InChI is InChI=1S/C8H13N2O5PS/c1-4-7(11)6(8(9)17)5(2-10-4)3-15-16(12,13)14/h2,8,11,17H,3,9H2,1H3,(H2,12,13,14)/t8-/m1/s1. The van der Waals surface area contributed by atoms with Crippen LogP contribution in [0.3, 0.4) is 0 Å². The number of hydrogen-bond donors (Lipinski definition) is 5. The van der Waals surface area contributed by atoms with Gasteiger partial charge in [0.15, 0.2) is 0 Å². The second kappa shape index (κ2) is 5.34. The number of pyridine rings is 1. The summed E-state index contributed by atoms with van der Waals surface area (Å²) >= 11 is 3.98. The fourth-order valence-electron chi connectivity index (χ4n) is 1.25. The van der Waals surface area contributed by atoms with E-state index in [1.54, 1.807) is 6.92 Å². The monoisotopic (exact) mass is 280 g/mol. The van der Waals surface area contributed by atoms with Gasteiger partial charge in [0, 0.05) is 17.3 Å². The highest BCUT2D eigenvalue weighted by molar-refractivity contribution is 7.80. The quantitative estimate of drug-likeness (QED) is 0.310. The minimum atomic E-state index is -4.58. The maximum absolute atomic E-state index is 10.6. The number of phosphoric ester groups is 1. The fraction of sp³-hybridized carbons (Fsp3) is 0.375. The number of nitrogens with two attached hydrogens (primary N) is 1. The number of hydrogen-bond acceptors (Lipinski definition) is 6. The van der Waals surface area contributed by atoms with E-state index in [2.05, 4.69) is 22.1 Å². The zero-order chi connectivity index (χ0) is 13.2. The number of aromatic hydroxyl groups is 1. The molecule has 1 aromatic heterocycles. The summed E-state index contributed by atoms with van der Waals surface area (Å²) in [6, 6.07) is 0. The first kappa shape index (κ1) is 14.4. The molecule has 0 bridgehead atoms. The van der Waals surface area contributed by atoms with Gasteiger partial charge >= 0.3 is 7.82 Å². The lowest BCUT2D eigenvalue weighted by Gasteiger charge is -2.15. The van der Waals surface area contributed by atoms with E-state index >= 15 is 0 Å². The van der Waals surface area contributed by atoms with E-state index in [0.29, 0.717) is 5.69 Å². The van der Waals surface area contributed by atoms with Crippen LogP contribution in [0.5, 0.6) is 5.75 Å². The van der Waals surface area contributed by atoms with Gasteiger partial charge in [-0.05, 0) is 6.92 Å². The van der Waals surface area contributed by atoms with Crippen molar-refractivity contribution in [2.24, 2.45) is 5.73 Å². The second-order valence-corrected chi connectivity index (χ2v) is 5.14. The van der Waals surface area contributed by atoms with E-state index in [9.17, 15) is 9.67 Å². The van der Waals surface area contributed by atoms with Gasteiger partial charge < -0.3 is 20.6 Å². The molecule has 96 valence electrons. The van der Waals surface area contributed by atoms with E-state index in [-0.39, 0.29) is 16.9 Å². The van der Waals surface area contributed by atoms with Gasteiger partial charge in [0.25, 0.3) is 0 Å². The highest BCUT2D eigenvalue weighted by Gasteiger charge is 2.20. The number of rotatable bonds is 4. The largest absolute Gasteiger partial charge is 0.506 e. The molecule has 9 heteroatoms. The van der Waals surface area contributed by atoms with Crippen molar-refractivity contribution in [2.75, 3.05) is 0 Å². The summed E-state index contributed by atoms with van der Waals surface area (Å²) in [7, 11) is -4.58. The van der Waals surface area contributed by atoms with Gasteiger partial charge in [0.2, 0.25) is 0 Å². The first-order valence-corrected chi connectivity index (χ1v) is 6.58. The summed E-state index contributed by atoms with van der Waals surface area (Å²) in [5.41, 5.74) is 6.42. The van der Waals surface area contributed by atoms with Crippen molar-refractivity contribution in [3.8, 4) is 5.75 Å². The number of aryl methyl sites for hydroxylation is 1. The van der Waals surface area contributed by atoms with Crippen LogP contribution < -0.4 is 5.73 Å². The average molecular weight is 280 g/mol. The minimum Gasteiger partial charge on any atom is -0.506 e. The van der Waals surface area contributed by atoms with Crippen molar-refractivity contribution in [3.63, 3.8) is 0 Å². The van der Waals surface area contributed by atoms with E-state index in [4.69, 9.17) is 15.5 Å². The molecule has 1 rings (SSSR count). The Kier molecular flexibility index (Phi) is 4.54. The van der Waals surface area contributed by atoms with Crippen LogP contribution in [0.15, 0.2) is 6.20 Å². The van der Waals surface area contributed by atoms with Crippen LogP contribution in [0.1, 0.15) is 22.2 Å². The third-order valence-electron chi connectivity index (χ3n) is 2.04. The smallest absolute Gasteiger partial charge is 0.469 e. The molecule has 0 fully saturated rings. The Labute approximate surface area is 103 Å². The highest BCUT2D eigenvalue weighted by Crippen LogP contribution is 2.39. The molecule has 7 nitrogen and oxygen atoms in total. The SMILES string of the molecule is Cc1ncc(COP(=O)(O)O)c([C@H](N)S)c1O. The number of nitrogens with zero attached hydrogens (tertiary/aromatic N) is 1. The molecule has 0 radical (unpaired) electrons. The molecule has 1 aromatic rings. The predicted molar refractivity (Wildman–Crippen MR) is 63.4 cm³/mol. The van der Waals surface area contributed by atoms with Crippen molar-refractivity contribution in [1.82, 2.24) is 4.98 Å². The first-order valence-electron chi connectivity index (χ1n) is 4.53. The maximum atomic E-state index is 10.6. The number of phosphoric acid groups is 1. The number of thiol groups is 1. The molecule has 0 aromatic carbocycles. The highest BCUT2D eigenvalue weighted by atomic mass is 32.1. The third kappa shape index (κ3) is 3.95. The molecule has 0 unspecified atom stereocenters. The van der Waals surface area contributed by atoms with Gasteiger partial charge in [-0.15, -0.1) is 0 Å². The molecule has 0 saturated heterocycles. The van der Waals surface area contributed by atoms with Gasteiger partial charge in [0.05, 0.1) is 17.7 Å². The van der Waals surface area contributed by atoms with Crippen LogP contribution in [0.4, 0.5) is 0 Å². The zero-order valence-corrected chi connectivity index (χ0v) is 10.7. The van der Waals surface area contributed by atoms with Crippen LogP contribution in [0.2, 0.25) is 0 Å². The third-order valence-corrected chi connectivity index (χ3v) is 2.77. The maximum Gasteiger partial charge on any atom is 0.469 e. The van der Waals surface area contributed by atoms with Crippen LogP contribution >= 0.6 is 20.5 Å². The van der Waals surface area contributed by atoms with Gasteiger partial charge in [0.1, 0.15) is 5.75 Å². The molecule has 5 N–H and O–H groups in total. The van der Waals surface area contributed by atoms with Gasteiger partial charge in [-0.3, -0.25) is 9.51 Å². The number of aromatic nitrogens is 1. The van der Waals surface area contributed by atoms with Crippen molar-refractivity contribution < 1.29 is 24.0 Å². The van der Waals surface area contributed by atoms with Crippen molar-refractivity contribution in [3.05, 3.63) is 23.0 Å². The molecule has 17 heavy (non-hydrogen) atoms. The molecular weight excluding hydrogens is 267 g/mol. The van der Waals surface area contributed by atoms with Crippen molar-refractivity contribution in [2.45, 2.75) is 18.9 Å². The zero-order valence-electron chi connectivity index (χ0n) is 8.94. The lowest BCUT2D eigenvalue weighted by atomic mass is 10.1. The molecule has 1 atom stereocenters. The Morgan fingerprint density at radius 3 is 2.71 bits per heavy atom. The van der Waals surface area contributed by atoms with E-state index in [1.807, 2.05) is 0 Å². The summed E-state index contributed by atoms with van der Waals surface area (Å²) in [5.74, 6) is -0.153. The fourth-order valence-corrected chi connectivity index (χ4v) is 1.85. The first-order chi connectivity index (χ1) is 7.72.